The maximum atomic E-state index is 12.5. The highest BCUT2D eigenvalue weighted by atomic mass is 32.2. The van der Waals surface area contributed by atoms with Gasteiger partial charge in [0.15, 0.2) is 9.84 Å². The normalized spacial score (nSPS) is 22.6. The molecule has 1 atom stereocenters. The first kappa shape index (κ1) is 20.7. The summed E-state index contributed by atoms with van der Waals surface area (Å²) in [6.07, 6.45) is 2.02. The molecule has 9 heteroatoms. The van der Waals surface area contributed by atoms with Crippen molar-refractivity contribution in [2.75, 3.05) is 24.6 Å². The van der Waals surface area contributed by atoms with Gasteiger partial charge in [-0.25, -0.2) is 13.2 Å². The Morgan fingerprint density at radius 1 is 1.27 bits per heavy atom. The van der Waals surface area contributed by atoms with Gasteiger partial charge in [-0.15, -0.1) is 0 Å². The van der Waals surface area contributed by atoms with Crippen LogP contribution in [0.3, 0.4) is 0 Å². The minimum Gasteiger partial charge on any atom is -0.357 e. The molecule has 1 aromatic heterocycles. The summed E-state index contributed by atoms with van der Waals surface area (Å²) in [4.78, 5) is 29.8. The second-order valence-electron chi connectivity index (χ2n) is 8.59. The number of para-hydroxylation sites is 1. The fraction of sp³-hybridized carbons (Fsp3) is 0.524. The van der Waals surface area contributed by atoms with Crippen LogP contribution in [0, 0.1) is 0 Å². The summed E-state index contributed by atoms with van der Waals surface area (Å²) >= 11 is 0. The molecule has 2 aliphatic heterocycles. The highest BCUT2D eigenvalue weighted by molar-refractivity contribution is 7.91. The predicted molar refractivity (Wildman–Crippen MR) is 115 cm³/mol. The van der Waals surface area contributed by atoms with Crippen LogP contribution in [0.15, 0.2) is 24.3 Å². The molecule has 1 aromatic carbocycles. The number of nitrogens with zero attached hydrogens (tertiary/aromatic N) is 1. The highest BCUT2D eigenvalue weighted by Gasteiger charge is 2.39. The standard InChI is InChI=1S/C21H28N4O4S/c1-21(9-12-30(28,29)14-21)24-19(26)7-4-10-22-20(27)25-11-8-16-15-5-2-3-6-17(15)23-18(16)13-25/h2-3,5-6,23H,4,7-14H2,1H3,(H,22,27)(H,24,26)/t21-/m1/s1. The Kier molecular flexibility index (Phi) is 5.48. The molecular weight excluding hydrogens is 404 g/mol. The van der Waals surface area contributed by atoms with Crippen LogP contribution in [0.5, 0.6) is 0 Å². The van der Waals surface area contributed by atoms with Gasteiger partial charge in [-0.2, -0.15) is 0 Å². The van der Waals surface area contributed by atoms with Crippen molar-refractivity contribution in [2.24, 2.45) is 0 Å². The number of aromatic amines is 1. The number of fused-ring (bicyclic) bond motifs is 3. The van der Waals surface area contributed by atoms with Crippen LogP contribution in [0.1, 0.15) is 37.4 Å². The average molecular weight is 433 g/mol. The summed E-state index contributed by atoms with van der Waals surface area (Å²) in [5.41, 5.74) is 2.79. The van der Waals surface area contributed by atoms with Crippen molar-refractivity contribution in [2.45, 2.75) is 44.7 Å². The van der Waals surface area contributed by atoms with Crippen molar-refractivity contribution >= 4 is 32.7 Å². The summed E-state index contributed by atoms with van der Waals surface area (Å²) < 4.78 is 23.3. The minimum absolute atomic E-state index is 0.00677. The summed E-state index contributed by atoms with van der Waals surface area (Å²) in [6.45, 7) is 3.38. The molecule has 1 saturated heterocycles. The van der Waals surface area contributed by atoms with E-state index < -0.39 is 15.4 Å². The summed E-state index contributed by atoms with van der Waals surface area (Å²) in [5, 5.41) is 6.95. The number of urea groups is 1. The molecule has 0 spiro atoms. The molecule has 0 radical (unpaired) electrons. The van der Waals surface area contributed by atoms with Gasteiger partial charge in [0, 0.05) is 36.1 Å². The number of rotatable bonds is 5. The molecule has 0 bridgehead atoms. The molecule has 3 N–H and O–H groups in total. The summed E-state index contributed by atoms with van der Waals surface area (Å²) in [7, 11) is -3.06. The van der Waals surface area contributed by atoms with Crippen LogP contribution in [0.2, 0.25) is 0 Å². The van der Waals surface area contributed by atoms with E-state index in [0.717, 1.165) is 17.6 Å². The Morgan fingerprint density at radius 2 is 2.07 bits per heavy atom. The van der Waals surface area contributed by atoms with Gasteiger partial charge in [0.25, 0.3) is 0 Å². The lowest BCUT2D eigenvalue weighted by molar-refractivity contribution is -0.122. The van der Waals surface area contributed by atoms with E-state index in [1.54, 1.807) is 11.8 Å². The van der Waals surface area contributed by atoms with E-state index in [9.17, 15) is 18.0 Å². The molecule has 0 aliphatic carbocycles. The van der Waals surface area contributed by atoms with Crippen molar-refractivity contribution in [1.82, 2.24) is 20.5 Å². The molecule has 30 heavy (non-hydrogen) atoms. The second-order valence-corrected chi connectivity index (χ2v) is 10.8. The maximum Gasteiger partial charge on any atom is 0.317 e. The van der Waals surface area contributed by atoms with E-state index in [-0.39, 0.29) is 29.9 Å². The van der Waals surface area contributed by atoms with Crippen molar-refractivity contribution in [3.05, 3.63) is 35.5 Å². The molecule has 1 fully saturated rings. The number of nitrogens with one attached hydrogen (secondary N) is 3. The molecule has 3 amide bonds. The third-order valence-electron chi connectivity index (χ3n) is 5.97. The Labute approximate surface area is 176 Å². The van der Waals surface area contributed by atoms with Crippen LogP contribution >= 0.6 is 0 Å². The number of carbonyl (C=O) groups excluding carboxylic acids is 2. The molecule has 0 saturated carbocycles. The van der Waals surface area contributed by atoms with Gasteiger partial charge in [-0.05, 0) is 37.8 Å². The topological polar surface area (TPSA) is 111 Å². The van der Waals surface area contributed by atoms with Gasteiger partial charge in [0.1, 0.15) is 0 Å². The van der Waals surface area contributed by atoms with Crippen LogP contribution in [-0.4, -0.2) is 60.4 Å². The fourth-order valence-electron chi connectivity index (χ4n) is 4.43. The van der Waals surface area contributed by atoms with Crippen molar-refractivity contribution < 1.29 is 18.0 Å². The maximum absolute atomic E-state index is 12.5. The Hall–Kier alpha value is -2.55. The first-order valence-electron chi connectivity index (χ1n) is 10.4. The van der Waals surface area contributed by atoms with Gasteiger partial charge >= 0.3 is 6.03 Å². The smallest absolute Gasteiger partial charge is 0.317 e. The van der Waals surface area contributed by atoms with E-state index in [1.807, 2.05) is 18.2 Å². The van der Waals surface area contributed by atoms with E-state index >= 15 is 0 Å². The van der Waals surface area contributed by atoms with Gasteiger partial charge < -0.3 is 20.5 Å². The molecule has 0 unspecified atom stereocenters. The molecule has 8 nitrogen and oxygen atoms in total. The fourth-order valence-corrected chi connectivity index (χ4v) is 6.52. The third kappa shape index (κ3) is 4.45. The van der Waals surface area contributed by atoms with Crippen LogP contribution < -0.4 is 10.6 Å². The van der Waals surface area contributed by atoms with E-state index in [2.05, 4.69) is 21.7 Å². The lowest BCUT2D eigenvalue weighted by Gasteiger charge is -2.27. The molecule has 2 aromatic rings. The lowest BCUT2D eigenvalue weighted by atomic mass is 10.0. The van der Waals surface area contributed by atoms with Gasteiger partial charge in [0.2, 0.25) is 5.91 Å². The summed E-state index contributed by atoms with van der Waals surface area (Å²) in [5.74, 6) is -0.0643. The zero-order chi connectivity index (χ0) is 21.4. The number of sulfone groups is 1. The van der Waals surface area contributed by atoms with Crippen LogP contribution in [0.4, 0.5) is 4.79 Å². The monoisotopic (exact) mass is 432 g/mol. The van der Waals surface area contributed by atoms with Crippen LogP contribution in [-0.2, 0) is 27.6 Å². The van der Waals surface area contributed by atoms with E-state index in [0.29, 0.717) is 32.5 Å². The van der Waals surface area contributed by atoms with E-state index in [4.69, 9.17) is 0 Å². The first-order valence-corrected chi connectivity index (χ1v) is 12.2. The van der Waals surface area contributed by atoms with Crippen molar-refractivity contribution in [1.29, 1.82) is 0 Å². The van der Waals surface area contributed by atoms with Crippen molar-refractivity contribution in [3.8, 4) is 0 Å². The molecular formula is C21H28N4O4S. The van der Waals surface area contributed by atoms with Crippen LogP contribution in [0.25, 0.3) is 10.9 Å². The minimum atomic E-state index is -3.06. The second kappa shape index (κ2) is 7.94. The Bertz CT molecular complexity index is 1080. The SMILES string of the molecule is C[C@@]1(NC(=O)CCCNC(=O)N2CCc3c([nH]c4ccccc34)C2)CCS(=O)(=O)C1. The third-order valence-corrected chi connectivity index (χ3v) is 7.87. The number of amides is 3. The van der Waals surface area contributed by atoms with Gasteiger partial charge in [0.05, 0.1) is 23.6 Å². The number of hydrogen-bond donors (Lipinski definition) is 3. The number of aromatic nitrogens is 1. The number of carbonyl (C=O) groups is 2. The molecule has 162 valence electrons. The predicted octanol–water partition coefficient (Wildman–Crippen LogP) is 1.71. The van der Waals surface area contributed by atoms with Crippen molar-refractivity contribution in [3.63, 3.8) is 0 Å². The Balaban J connectivity index is 1.21. The quantitative estimate of drug-likeness (QED) is 0.625. The molecule has 2 aliphatic rings. The van der Waals surface area contributed by atoms with E-state index in [1.165, 1.54) is 10.9 Å². The van der Waals surface area contributed by atoms with Gasteiger partial charge in [-0.1, -0.05) is 18.2 Å². The zero-order valence-corrected chi connectivity index (χ0v) is 18.0. The number of benzene rings is 1. The molecule has 3 heterocycles. The number of hydrogen-bond acceptors (Lipinski definition) is 4. The lowest BCUT2D eigenvalue weighted by Crippen LogP contribution is -2.47. The first-order chi connectivity index (χ1) is 14.2. The summed E-state index contributed by atoms with van der Waals surface area (Å²) in [6, 6.07) is 8.04. The molecule has 4 rings (SSSR count). The highest BCUT2D eigenvalue weighted by Crippen LogP contribution is 2.27. The average Bonchev–Trinajstić information content (AvgIpc) is 3.20. The largest absolute Gasteiger partial charge is 0.357 e. The Morgan fingerprint density at radius 3 is 2.83 bits per heavy atom. The zero-order valence-electron chi connectivity index (χ0n) is 17.2. The van der Waals surface area contributed by atoms with Gasteiger partial charge in [-0.3, -0.25) is 4.79 Å². The number of H-pyrrole nitrogens is 1.